The molecule has 1 N–H and O–H groups in total. The second-order valence-corrected chi connectivity index (χ2v) is 7.86. The highest BCUT2D eigenvalue weighted by molar-refractivity contribution is 5.89. The molecule has 1 aromatic heterocycles. The quantitative estimate of drug-likeness (QED) is 0.885. The smallest absolute Gasteiger partial charge is 0.323 e. The highest BCUT2D eigenvalue weighted by Crippen LogP contribution is 2.32. The van der Waals surface area contributed by atoms with Crippen molar-refractivity contribution >= 4 is 11.8 Å². The highest BCUT2D eigenvalue weighted by atomic mass is 16.5. The molecule has 7 nitrogen and oxygen atoms in total. The van der Waals surface area contributed by atoms with Crippen molar-refractivity contribution in [3.05, 3.63) is 35.5 Å². The number of rotatable bonds is 3. The van der Waals surface area contributed by atoms with Crippen molar-refractivity contribution in [2.45, 2.75) is 52.8 Å². The van der Waals surface area contributed by atoms with Crippen LogP contribution in [0.5, 0.6) is 11.5 Å². The largest absolute Gasteiger partial charge is 0.497 e. The van der Waals surface area contributed by atoms with E-state index < -0.39 is 5.60 Å². The fourth-order valence-electron chi connectivity index (χ4n) is 3.13. The van der Waals surface area contributed by atoms with Gasteiger partial charge in [0, 0.05) is 29.4 Å². The lowest BCUT2D eigenvalue weighted by Gasteiger charge is -2.29. The molecule has 0 saturated heterocycles. The Balaban J connectivity index is 1.83. The fraction of sp³-hybridized carbons (Fsp3) is 0.500. The van der Waals surface area contributed by atoms with Crippen LogP contribution < -0.4 is 14.8 Å². The molecular weight excluding hydrogens is 344 g/mol. The van der Waals surface area contributed by atoms with Crippen molar-refractivity contribution in [3.63, 3.8) is 0 Å². The van der Waals surface area contributed by atoms with Crippen LogP contribution >= 0.6 is 0 Å². The Morgan fingerprint density at radius 3 is 2.74 bits per heavy atom. The molecule has 0 radical (unpaired) electrons. The number of aromatic nitrogens is 2. The van der Waals surface area contributed by atoms with Crippen LogP contribution in [0.4, 0.5) is 10.6 Å². The summed E-state index contributed by atoms with van der Waals surface area (Å²) in [6.07, 6.45) is 1.94. The van der Waals surface area contributed by atoms with Crippen LogP contribution in [0.15, 0.2) is 24.4 Å². The molecule has 27 heavy (non-hydrogen) atoms. The molecule has 2 aromatic rings. The molecule has 0 atom stereocenters. The van der Waals surface area contributed by atoms with E-state index in [1.165, 1.54) is 0 Å². The molecule has 2 amide bonds. The number of methoxy groups -OCH3 is 1. The third-order valence-corrected chi connectivity index (χ3v) is 4.55. The summed E-state index contributed by atoms with van der Waals surface area (Å²) in [4.78, 5) is 14.7. The lowest BCUT2D eigenvalue weighted by atomic mass is 10.1. The van der Waals surface area contributed by atoms with Crippen molar-refractivity contribution < 1.29 is 14.3 Å². The molecule has 2 heterocycles. The van der Waals surface area contributed by atoms with Gasteiger partial charge in [-0.25, -0.2) is 4.79 Å². The van der Waals surface area contributed by atoms with Gasteiger partial charge in [-0.05, 0) is 46.8 Å². The van der Waals surface area contributed by atoms with Crippen molar-refractivity contribution in [2.75, 3.05) is 19.0 Å². The zero-order valence-corrected chi connectivity index (χ0v) is 16.9. The van der Waals surface area contributed by atoms with Gasteiger partial charge in [0.2, 0.25) is 0 Å². The van der Waals surface area contributed by atoms with E-state index in [9.17, 15) is 4.79 Å². The second-order valence-electron chi connectivity index (χ2n) is 7.86. The molecule has 3 rings (SSSR count). The molecule has 0 bridgehead atoms. The van der Waals surface area contributed by atoms with E-state index in [1.807, 2.05) is 49.8 Å². The summed E-state index contributed by atoms with van der Waals surface area (Å²) >= 11 is 0. The number of aryl methyl sites for hydroxylation is 1. The first-order valence-corrected chi connectivity index (χ1v) is 9.16. The summed E-state index contributed by atoms with van der Waals surface area (Å²) in [5, 5.41) is 7.43. The summed E-state index contributed by atoms with van der Waals surface area (Å²) in [6.45, 7) is 10.9. The van der Waals surface area contributed by atoms with Gasteiger partial charge in [-0.3, -0.25) is 10.00 Å². The zero-order chi connectivity index (χ0) is 19.8. The molecule has 0 saturated carbocycles. The van der Waals surface area contributed by atoms with Crippen LogP contribution in [0.3, 0.4) is 0 Å². The Morgan fingerprint density at radius 2 is 2.11 bits per heavy atom. The minimum Gasteiger partial charge on any atom is -0.497 e. The van der Waals surface area contributed by atoms with Crippen LogP contribution in [0.25, 0.3) is 0 Å². The first-order chi connectivity index (χ1) is 12.7. The Labute approximate surface area is 160 Å². The number of benzene rings is 1. The zero-order valence-electron chi connectivity index (χ0n) is 16.9. The number of nitrogens with one attached hydrogen (secondary N) is 1. The molecule has 1 aromatic carbocycles. The standard InChI is InChI=1S/C20H28N4O3/c1-13(2)24-10-14(3)18(22-24)21-19(25)23-11-15-7-8-16(26-6)9-17(15)27-20(4,5)12-23/h7-10,13H,11-12H2,1-6H3,(H,21,22,25). The van der Waals surface area contributed by atoms with Crippen LogP contribution in [0.2, 0.25) is 0 Å². The normalized spacial score (nSPS) is 15.7. The maximum absolute atomic E-state index is 13.0. The van der Waals surface area contributed by atoms with Gasteiger partial charge in [-0.2, -0.15) is 5.10 Å². The van der Waals surface area contributed by atoms with E-state index in [1.54, 1.807) is 12.0 Å². The number of nitrogens with zero attached hydrogens (tertiary/aromatic N) is 3. The van der Waals surface area contributed by atoms with Crippen molar-refractivity contribution in [2.24, 2.45) is 0 Å². The van der Waals surface area contributed by atoms with E-state index in [-0.39, 0.29) is 12.1 Å². The molecule has 1 aliphatic heterocycles. The fourth-order valence-corrected chi connectivity index (χ4v) is 3.13. The van der Waals surface area contributed by atoms with Crippen LogP contribution in [0.1, 0.15) is 44.9 Å². The van der Waals surface area contributed by atoms with Gasteiger partial charge >= 0.3 is 6.03 Å². The van der Waals surface area contributed by atoms with Gasteiger partial charge in [-0.1, -0.05) is 0 Å². The molecule has 0 fully saturated rings. The summed E-state index contributed by atoms with van der Waals surface area (Å²) in [5.74, 6) is 2.07. The predicted molar refractivity (Wildman–Crippen MR) is 104 cm³/mol. The number of fused-ring (bicyclic) bond motifs is 1. The first-order valence-electron chi connectivity index (χ1n) is 9.16. The third-order valence-electron chi connectivity index (χ3n) is 4.55. The van der Waals surface area contributed by atoms with E-state index in [0.717, 1.165) is 22.6 Å². The lowest BCUT2D eigenvalue weighted by Crippen LogP contribution is -2.45. The summed E-state index contributed by atoms with van der Waals surface area (Å²) < 4.78 is 13.3. The van der Waals surface area contributed by atoms with Gasteiger partial charge in [0.05, 0.1) is 20.2 Å². The molecule has 1 aliphatic rings. The number of carbonyl (C=O) groups is 1. The summed E-state index contributed by atoms with van der Waals surface area (Å²) in [7, 11) is 1.63. The average Bonchev–Trinajstić information content (AvgIpc) is 2.88. The molecule has 0 spiro atoms. The first kappa shape index (κ1) is 19.1. The summed E-state index contributed by atoms with van der Waals surface area (Å²) in [5.41, 5.74) is 1.36. The van der Waals surface area contributed by atoms with Crippen LogP contribution in [-0.2, 0) is 6.54 Å². The van der Waals surface area contributed by atoms with E-state index in [0.29, 0.717) is 18.9 Å². The predicted octanol–water partition coefficient (Wildman–Crippen LogP) is 3.99. The maximum atomic E-state index is 13.0. The highest BCUT2D eigenvalue weighted by Gasteiger charge is 2.32. The maximum Gasteiger partial charge on any atom is 0.323 e. The number of ether oxygens (including phenoxy) is 2. The molecule has 0 aliphatic carbocycles. The average molecular weight is 372 g/mol. The van der Waals surface area contributed by atoms with Crippen LogP contribution in [-0.4, -0.2) is 40.0 Å². The summed E-state index contributed by atoms with van der Waals surface area (Å²) in [6, 6.07) is 5.74. The molecule has 0 unspecified atom stereocenters. The molecule has 7 heteroatoms. The van der Waals surface area contributed by atoms with Gasteiger partial charge < -0.3 is 14.4 Å². The van der Waals surface area contributed by atoms with Gasteiger partial charge in [-0.15, -0.1) is 0 Å². The van der Waals surface area contributed by atoms with E-state index in [4.69, 9.17) is 9.47 Å². The monoisotopic (exact) mass is 372 g/mol. The van der Waals surface area contributed by atoms with Crippen molar-refractivity contribution in [1.29, 1.82) is 0 Å². The molecular formula is C20H28N4O3. The Morgan fingerprint density at radius 1 is 1.37 bits per heavy atom. The van der Waals surface area contributed by atoms with E-state index in [2.05, 4.69) is 24.3 Å². The second kappa shape index (κ2) is 7.13. The number of carbonyl (C=O) groups excluding carboxylic acids is 1. The molecule has 146 valence electrons. The van der Waals surface area contributed by atoms with Crippen molar-refractivity contribution in [1.82, 2.24) is 14.7 Å². The third kappa shape index (κ3) is 4.18. The Kier molecular flexibility index (Phi) is 5.04. The number of anilines is 1. The number of hydrogen-bond donors (Lipinski definition) is 1. The van der Waals surface area contributed by atoms with Crippen molar-refractivity contribution in [3.8, 4) is 11.5 Å². The Hall–Kier alpha value is -2.70. The van der Waals surface area contributed by atoms with Gasteiger partial charge in [0.15, 0.2) is 5.82 Å². The minimum atomic E-state index is -0.526. The minimum absolute atomic E-state index is 0.188. The number of amides is 2. The number of urea groups is 1. The number of hydrogen-bond acceptors (Lipinski definition) is 4. The van der Waals surface area contributed by atoms with Gasteiger partial charge in [0.25, 0.3) is 0 Å². The van der Waals surface area contributed by atoms with Crippen LogP contribution in [0, 0.1) is 6.92 Å². The van der Waals surface area contributed by atoms with E-state index >= 15 is 0 Å². The SMILES string of the molecule is COc1ccc2c(c1)OC(C)(C)CN(C(=O)Nc1nn(C(C)C)cc1C)C2. The Bertz CT molecular complexity index is 842. The lowest BCUT2D eigenvalue weighted by molar-refractivity contribution is 0.0832. The topological polar surface area (TPSA) is 68.6 Å². The van der Waals surface area contributed by atoms with Gasteiger partial charge in [0.1, 0.15) is 17.1 Å².